The zero-order chi connectivity index (χ0) is 39.3. The Bertz CT molecular complexity index is 3710. The average molecular weight is 764 g/mol. The van der Waals surface area contributed by atoms with Crippen molar-refractivity contribution in [3.8, 4) is 67.8 Å². The van der Waals surface area contributed by atoms with Crippen molar-refractivity contribution in [2.24, 2.45) is 0 Å². The van der Waals surface area contributed by atoms with Gasteiger partial charge >= 0.3 is 0 Å². The largest absolute Gasteiger partial charge is 0.309 e. The van der Waals surface area contributed by atoms with Gasteiger partial charge in [0.15, 0.2) is 17.5 Å². The van der Waals surface area contributed by atoms with Gasteiger partial charge in [0.05, 0.1) is 27.8 Å². The van der Waals surface area contributed by atoms with Gasteiger partial charge in [-0.15, -0.1) is 0 Å². The van der Waals surface area contributed by atoms with Crippen LogP contribution in [-0.4, -0.2) is 24.1 Å². The van der Waals surface area contributed by atoms with Gasteiger partial charge < -0.3 is 9.13 Å². The maximum Gasteiger partial charge on any atom is 0.164 e. The van der Waals surface area contributed by atoms with Gasteiger partial charge in [0.1, 0.15) is 0 Å². The van der Waals surface area contributed by atoms with Crippen LogP contribution in [0.3, 0.4) is 0 Å². The maximum atomic E-state index is 5.11. The molecule has 13 rings (SSSR count). The quantitative estimate of drug-likeness (QED) is 0.179. The lowest BCUT2D eigenvalue weighted by molar-refractivity contribution is 1.07. The van der Waals surface area contributed by atoms with Crippen LogP contribution >= 0.6 is 0 Å². The third-order valence-corrected chi connectivity index (χ3v) is 12.3. The molecular weight excluding hydrogens is 731 g/mol. The van der Waals surface area contributed by atoms with Gasteiger partial charge in [0.2, 0.25) is 0 Å². The second-order valence-corrected chi connectivity index (χ2v) is 15.6. The zero-order valence-electron chi connectivity index (χ0n) is 32.3. The Labute approximate surface area is 345 Å². The number of hydrogen-bond donors (Lipinski definition) is 0. The summed E-state index contributed by atoms with van der Waals surface area (Å²) in [6, 6.07) is 71.5. The van der Waals surface area contributed by atoms with Crippen LogP contribution in [0.1, 0.15) is 0 Å². The van der Waals surface area contributed by atoms with E-state index in [0.717, 1.165) is 33.3 Å². The molecule has 0 bridgehead atoms. The summed E-state index contributed by atoms with van der Waals surface area (Å²) in [6.45, 7) is 0. The smallest absolute Gasteiger partial charge is 0.164 e. The molecule has 1 aliphatic heterocycles. The van der Waals surface area contributed by atoms with E-state index >= 15 is 0 Å². The highest BCUT2D eigenvalue weighted by Crippen LogP contribution is 2.51. The number of nitrogens with zero attached hydrogens (tertiary/aromatic N) is 5. The fourth-order valence-corrected chi connectivity index (χ4v) is 9.63. The molecule has 9 aromatic carbocycles. The molecule has 5 heteroatoms. The molecule has 5 nitrogen and oxygen atoms in total. The van der Waals surface area contributed by atoms with E-state index < -0.39 is 0 Å². The van der Waals surface area contributed by atoms with E-state index in [1.165, 1.54) is 71.4 Å². The van der Waals surface area contributed by atoms with E-state index in [9.17, 15) is 0 Å². The lowest BCUT2D eigenvalue weighted by Crippen LogP contribution is -2.00. The Morgan fingerprint density at radius 1 is 0.333 bits per heavy atom. The van der Waals surface area contributed by atoms with E-state index in [1.54, 1.807) is 0 Å². The molecule has 0 unspecified atom stereocenters. The summed E-state index contributed by atoms with van der Waals surface area (Å²) in [5.41, 5.74) is 14.8. The third-order valence-electron chi connectivity index (χ3n) is 12.3. The Balaban J connectivity index is 1.05. The van der Waals surface area contributed by atoms with Crippen LogP contribution in [0.4, 0.5) is 0 Å². The molecule has 0 fully saturated rings. The topological polar surface area (TPSA) is 48.5 Å². The molecule has 0 spiro atoms. The first-order valence-corrected chi connectivity index (χ1v) is 20.4. The average Bonchev–Trinajstić information content (AvgIpc) is 3.79. The minimum Gasteiger partial charge on any atom is -0.309 e. The summed E-state index contributed by atoms with van der Waals surface area (Å²) >= 11 is 0. The second-order valence-electron chi connectivity index (χ2n) is 15.6. The van der Waals surface area contributed by atoms with E-state index in [-0.39, 0.29) is 0 Å². The first-order chi connectivity index (χ1) is 29.8. The molecule has 0 saturated heterocycles. The van der Waals surface area contributed by atoms with Crippen molar-refractivity contribution in [2.75, 3.05) is 0 Å². The molecule has 0 saturated carbocycles. The highest BCUT2D eigenvalue weighted by molar-refractivity contribution is 6.28. The van der Waals surface area contributed by atoms with Gasteiger partial charge in [-0.1, -0.05) is 146 Å². The van der Waals surface area contributed by atoms with Crippen LogP contribution < -0.4 is 0 Å². The third kappa shape index (κ3) is 4.77. The molecule has 0 aliphatic carbocycles. The highest BCUT2D eigenvalue weighted by Gasteiger charge is 2.28. The van der Waals surface area contributed by atoms with Gasteiger partial charge in [-0.2, -0.15) is 0 Å². The van der Waals surface area contributed by atoms with Crippen molar-refractivity contribution >= 4 is 54.4 Å². The highest BCUT2D eigenvalue weighted by atomic mass is 15.0. The standard InChI is InChI=1S/C55H33N5/c1-2-15-35(16-3-1)53-56-54(58-55(57-53)38-27-26-34-14-4-5-17-37(34)32-38)36-28-30-39(31-29-36)59-48-25-13-10-22-44(48)50-49(59)33-45-42-20-9-12-24-47(42)60-46-23-11-8-19-41(46)40-18-6-7-21-43(40)51(50)52(45)60/h1-33H. The van der Waals surface area contributed by atoms with E-state index in [1.807, 2.05) is 18.2 Å². The van der Waals surface area contributed by atoms with E-state index in [0.29, 0.717) is 17.5 Å². The number of hydrogen-bond acceptors (Lipinski definition) is 3. The minimum absolute atomic E-state index is 0.632. The molecule has 0 N–H and O–H groups in total. The molecule has 3 aromatic heterocycles. The van der Waals surface area contributed by atoms with E-state index in [2.05, 4.69) is 191 Å². The normalized spacial score (nSPS) is 12.0. The maximum absolute atomic E-state index is 5.11. The predicted octanol–water partition coefficient (Wildman–Crippen LogP) is 13.9. The fraction of sp³-hybridized carbons (Fsp3) is 0. The summed E-state index contributed by atoms with van der Waals surface area (Å²) in [5.74, 6) is 1.92. The Morgan fingerprint density at radius 3 is 1.68 bits per heavy atom. The molecule has 278 valence electrons. The molecule has 12 aromatic rings. The van der Waals surface area contributed by atoms with Crippen molar-refractivity contribution < 1.29 is 0 Å². The summed E-state index contributed by atoms with van der Waals surface area (Å²) in [4.78, 5) is 15.2. The van der Waals surface area contributed by atoms with Crippen molar-refractivity contribution in [1.82, 2.24) is 24.1 Å². The van der Waals surface area contributed by atoms with Crippen LogP contribution in [0.25, 0.3) is 122 Å². The molecular formula is C55H33N5. The van der Waals surface area contributed by atoms with Crippen LogP contribution in [0.15, 0.2) is 200 Å². The number of aromatic nitrogens is 5. The van der Waals surface area contributed by atoms with Crippen molar-refractivity contribution in [3.63, 3.8) is 0 Å². The molecule has 60 heavy (non-hydrogen) atoms. The van der Waals surface area contributed by atoms with Crippen LogP contribution in [0.2, 0.25) is 0 Å². The minimum atomic E-state index is 0.632. The predicted molar refractivity (Wildman–Crippen MR) is 247 cm³/mol. The summed E-state index contributed by atoms with van der Waals surface area (Å²) < 4.78 is 4.93. The van der Waals surface area contributed by atoms with Gasteiger partial charge in [0, 0.05) is 55.0 Å². The first-order valence-electron chi connectivity index (χ1n) is 20.4. The lowest BCUT2D eigenvalue weighted by atomic mass is 9.91. The van der Waals surface area contributed by atoms with Crippen LogP contribution in [-0.2, 0) is 0 Å². The van der Waals surface area contributed by atoms with Crippen LogP contribution in [0.5, 0.6) is 0 Å². The fourth-order valence-electron chi connectivity index (χ4n) is 9.63. The van der Waals surface area contributed by atoms with Crippen LogP contribution in [0, 0.1) is 0 Å². The van der Waals surface area contributed by atoms with E-state index in [4.69, 9.17) is 15.0 Å². The zero-order valence-corrected chi connectivity index (χ0v) is 32.3. The molecule has 4 heterocycles. The molecule has 1 aliphatic rings. The molecule has 0 atom stereocenters. The first kappa shape index (κ1) is 32.9. The number of para-hydroxylation sites is 3. The van der Waals surface area contributed by atoms with Gasteiger partial charge in [-0.3, -0.25) is 0 Å². The van der Waals surface area contributed by atoms with Gasteiger partial charge in [-0.25, -0.2) is 15.0 Å². The Hall–Kier alpha value is -8.15. The van der Waals surface area contributed by atoms with Gasteiger partial charge in [-0.05, 0) is 76.5 Å². The number of fused-ring (bicyclic) bond motifs is 13. The lowest BCUT2D eigenvalue weighted by Gasteiger charge is -2.13. The van der Waals surface area contributed by atoms with Crippen molar-refractivity contribution in [1.29, 1.82) is 0 Å². The summed E-state index contributed by atoms with van der Waals surface area (Å²) in [5, 5.41) is 7.27. The molecule has 0 radical (unpaired) electrons. The number of benzene rings is 9. The SMILES string of the molecule is c1ccc(-c2nc(-c3ccc(-n4c5ccccc5c5c6c7c(cc54)c4ccccc4n7-c4ccccc4-c4ccccc4-6)cc3)nc(-c3ccc4ccccc4c3)n2)cc1. The molecule has 0 amide bonds. The summed E-state index contributed by atoms with van der Waals surface area (Å²) in [7, 11) is 0. The Kier molecular flexibility index (Phi) is 6.95. The van der Waals surface area contributed by atoms with Gasteiger partial charge in [0.25, 0.3) is 0 Å². The second kappa shape index (κ2) is 12.7. The van der Waals surface area contributed by atoms with Crippen molar-refractivity contribution in [3.05, 3.63) is 200 Å². The van der Waals surface area contributed by atoms with Crippen molar-refractivity contribution in [2.45, 2.75) is 0 Å². The summed E-state index contributed by atoms with van der Waals surface area (Å²) in [6.07, 6.45) is 0. The monoisotopic (exact) mass is 763 g/mol. The Morgan fingerprint density at radius 2 is 0.900 bits per heavy atom. The number of rotatable bonds is 4.